The van der Waals surface area contributed by atoms with Gasteiger partial charge in [0, 0.05) is 13.1 Å². The summed E-state index contributed by atoms with van der Waals surface area (Å²) in [6.45, 7) is 1.76. The fourth-order valence-corrected chi connectivity index (χ4v) is 5.15. The summed E-state index contributed by atoms with van der Waals surface area (Å²) in [5.74, 6) is -0.661. The number of amides is 2. The lowest BCUT2D eigenvalue weighted by molar-refractivity contribution is 0.0920. The second-order valence-electron chi connectivity index (χ2n) is 8.01. The van der Waals surface area contributed by atoms with Crippen LogP contribution in [0.4, 0.5) is 20.6 Å². The van der Waals surface area contributed by atoms with Crippen molar-refractivity contribution in [1.29, 1.82) is 0 Å². The minimum absolute atomic E-state index is 0.157. The van der Waals surface area contributed by atoms with Crippen LogP contribution in [0.3, 0.4) is 0 Å². The Morgan fingerprint density at radius 2 is 2.00 bits per heavy atom. The molecule has 0 bridgehead atoms. The van der Waals surface area contributed by atoms with E-state index in [0.717, 1.165) is 13.0 Å². The average Bonchev–Trinajstić information content (AvgIpc) is 3.42. The van der Waals surface area contributed by atoms with Crippen molar-refractivity contribution < 1.29 is 18.7 Å². The molecule has 33 heavy (non-hydrogen) atoms. The van der Waals surface area contributed by atoms with E-state index in [1.54, 1.807) is 24.3 Å². The number of anilines is 2. The Bertz CT molecular complexity index is 1220. The Morgan fingerprint density at radius 3 is 2.76 bits per heavy atom. The third-order valence-corrected chi connectivity index (χ3v) is 7.11. The molecule has 3 aromatic rings. The number of fused-ring (bicyclic) bond motifs is 1. The van der Waals surface area contributed by atoms with Gasteiger partial charge >= 0.3 is 6.09 Å². The van der Waals surface area contributed by atoms with Gasteiger partial charge in [0.05, 0.1) is 33.7 Å². The lowest BCUT2D eigenvalue weighted by atomic mass is 9.99. The van der Waals surface area contributed by atoms with E-state index >= 15 is 4.39 Å². The first-order valence-electron chi connectivity index (χ1n) is 10.6. The minimum atomic E-state index is -0.563. The van der Waals surface area contributed by atoms with Gasteiger partial charge in [-0.1, -0.05) is 35.9 Å². The lowest BCUT2D eigenvalue weighted by Crippen LogP contribution is -2.34. The minimum Gasteiger partial charge on any atom is -0.442 e. The number of benzene rings is 2. The fraction of sp³-hybridized carbons (Fsp3) is 0.250. The molecule has 0 spiro atoms. The van der Waals surface area contributed by atoms with Crippen LogP contribution in [0.5, 0.6) is 0 Å². The van der Waals surface area contributed by atoms with Crippen LogP contribution >= 0.6 is 22.9 Å². The summed E-state index contributed by atoms with van der Waals surface area (Å²) in [4.78, 5) is 28.5. The molecule has 1 atom stereocenters. The maximum absolute atomic E-state index is 15.0. The topological polar surface area (TPSA) is 61.9 Å². The second kappa shape index (κ2) is 9.03. The molecular formula is C24H21ClFN3O3S. The molecule has 6 nitrogen and oxygen atoms in total. The molecule has 1 saturated heterocycles. The average molecular weight is 486 g/mol. The molecule has 2 aliphatic heterocycles. The molecule has 2 aliphatic rings. The molecule has 2 aromatic carbocycles. The van der Waals surface area contributed by atoms with Crippen LogP contribution in [0, 0.1) is 5.82 Å². The van der Waals surface area contributed by atoms with Crippen molar-refractivity contribution in [2.75, 3.05) is 29.4 Å². The highest BCUT2D eigenvalue weighted by Crippen LogP contribution is 2.31. The lowest BCUT2D eigenvalue weighted by Gasteiger charge is -2.31. The van der Waals surface area contributed by atoms with E-state index < -0.39 is 12.2 Å². The maximum atomic E-state index is 15.0. The predicted molar refractivity (Wildman–Crippen MR) is 127 cm³/mol. The number of thiophene rings is 1. The fourth-order valence-electron chi connectivity index (χ4n) is 4.19. The van der Waals surface area contributed by atoms with E-state index in [1.807, 2.05) is 17.0 Å². The molecule has 170 valence electrons. The van der Waals surface area contributed by atoms with Gasteiger partial charge < -0.3 is 15.0 Å². The first-order chi connectivity index (χ1) is 16.0. The summed E-state index contributed by atoms with van der Waals surface area (Å²) in [7, 11) is 0. The zero-order chi connectivity index (χ0) is 22.9. The smallest absolute Gasteiger partial charge is 0.414 e. The molecule has 1 aromatic heterocycles. The van der Waals surface area contributed by atoms with Gasteiger partial charge in [0.1, 0.15) is 11.9 Å². The summed E-state index contributed by atoms with van der Waals surface area (Å²) in [6, 6.07) is 16.3. The van der Waals surface area contributed by atoms with E-state index in [9.17, 15) is 9.59 Å². The first kappa shape index (κ1) is 21.7. The van der Waals surface area contributed by atoms with Crippen molar-refractivity contribution in [1.82, 2.24) is 5.32 Å². The number of carbonyl (C=O) groups is 2. The van der Waals surface area contributed by atoms with Crippen LogP contribution < -0.4 is 15.1 Å². The normalized spacial score (nSPS) is 17.6. The molecule has 2 amide bonds. The maximum Gasteiger partial charge on any atom is 0.414 e. The van der Waals surface area contributed by atoms with Crippen molar-refractivity contribution in [2.45, 2.75) is 19.1 Å². The highest BCUT2D eigenvalue weighted by Gasteiger charge is 2.33. The van der Waals surface area contributed by atoms with Gasteiger partial charge in [-0.25, -0.2) is 9.18 Å². The van der Waals surface area contributed by atoms with Crippen molar-refractivity contribution in [2.24, 2.45) is 0 Å². The SMILES string of the molecule is O=C(NC[C@@H]1CN(c2ccc(N3CCc4ccccc4C3)c(F)c2)C(=O)O1)c1ccc(Cl)s1. The molecular weight excluding hydrogens is 465 g/mol. The molecule has 9 heteroatoms. The zero-order valence-electron chi connectivity index (χ0n) is 17.6. The van der Waals surface area contributed by atoms with E-state index in [-0.39, 0.29) is 24.8 Å². The van der Waals surface area contributed by atoms with Crippen molar-refractivity contribution in [3.05, 3.63) is 80.8 Å². The van der Waals surface area contributed by atoms with Crippen LogP contribution in [0.15, 0.2) is 54.6 Å². The molecule has 1 N–H and O–H groups in total. The Hall–Kier alpha value is -3.10. The summed E-state index contributed by atoms with van der Waals surface area (Å²) in [5, 5.41) is 2.75. The molecule has 0 saturated carbocycles. The molecule has 3 heterocycles. The standard InChI is InChI=1S/C24H21ClFN3O3S/c25-22-8-7-21(33-22)23(30)27-12-18-14-29(24(31)32-18)17-5-6-20(19(26)11-17)28-10-9-15-3-1-2-4-16(15)13-28/h1-8,11,18H,9-10,12-14H2,(H,27,30)/t18-/m1/s1. The Kier molecular flexibility index (Phi) is 5.95. The number of cyclic esters (lactones) is 1. The molecule has 0 radical (unpaired) electrons. The van der Waals surface area contributed by atoms with E-state index in [1.165, 1.54) is 33.4 Å². The van der Waals surface area contributed by atoms with Gasteiger partial charge in [0.15, 0.2) is 0 Å². The third kappa shape index (κ3) is 4.54. The summed E-state index contributed by atoms with van der Waals surface area (Å²) >= 11 is 7.04. The van der Waals surface area contributed by atoms with Gasteiger partial charge in [-0.15, -0.1) is 11.3 Å². The summed E-state index contributed by atoms with van der Waals surface area (Å²) in [5.41, 5.74) is 3.44. The zero-order valence-corrected chi connectivity index (χ0v) is 19.2. The first-order valence-corrected chi connectivity index (χ1v) is 11.8. The highest BCUT2D eigenvalue weighted by molar-refractivity contribution is 7.18. The number of ether oxygens (including phenoxy) is 1. The summed E-state index contributed by atoms with van der Waals surface area (Å²) < 4.78 is 20.9. The number of nitrogens with zero attached hydrogens (tertiary/aromatic N) is 2. The van der Waals surface area contributed by atoms with E-state index in [0.29, 0.717) is 27.1 Å². The molecule has 0 unspecified atom stereocenters. The molecule has 0 aliphatic carbocycles. The van der Waals surface area contributed by atoms with Crippen LogP contribution in [0.25, 0.3) is 0 Å². The van der Waals surface area contributed by atoms with Gasteiger partial charge in [-0.05, 0) is 47.9 Å². The Morgan fingerprint density at radius 1 is 1.18 bits per heavy atom. The largest absolute Gasteiger partial charge is 0.442 e. The van der Waals surface area contributed by atoms with Gasteiger partial charge in [0.25, 0.3) is 5.91 Å². The Balaban J connectivity index is 1.23. The molecule has 5 rings (SSSR count). The van der Waals surface area contributed by atoms with Gasteiger partial charge in [-0.2, -0.15) is 0 Å². The number of halogens is 2. The molecule has 1 fully saturated rings. The van der Waals surface area contributed by atoms with Crippen LogP contribution in [0.1, 0.15) is 20.8 Å². The number of hydrogen-bond donors (Lipinski definition) is 1. The number of hydrogen-bond acceptors (Lipinski definition) is 5. The van der Waals surface area contributed by atoms with E-state index in [4.69, 9.17) is 16.3 Å². The van der Waals surface area contributed by atoms with Crippen molar-refractivity contribution in [3.63, 3.8) is 0 Å². The van der Waals surface area contributed by atoms with Crippen LogP contribution in [-0.2, 0) is 17.7 Å². The van der Waals surface area contributed by atoms with E-state index in [2.05, 4.69) is 17.4 Å². The summed E-state index contributed by atoms with van der Waals surface area (Å²) in [6.07, 6.45) is -0.230. The third-order valence-electron chi connectivity index (χ3n) is 5.88. The van der Waals surface area contributed by atoms with Crippen molar-refractivity contribution in [3.8, 4) is 0 Å². The van der Waals surface area contributed by atoms with Gasteiger partial charge in [0.2, 0.25) is 0 Å². The number of nitrogens with one attached hydrogen (secondary N) is 1. The predicted octanol–water partition coefficient (Wildman–Crippen LogP) is 4.86. The van der Waals surface area contributed by atoms with Crippen LogP contribution in [-0.4, -0.2) is 37.7 Å². The van der Waals surface area contributed by atoms with Crippen LogP contribution in [0.2, 0.25) is 4.34 Å². The highest BCUT2D eigenvalue weighted by atomic mass is 35.5. The second-order valence-corrected chi connectivity index (χ2v) is 9.72. The number of carbonyl (C=O) groups excluding carboxylic acids is 2. The van der Waals surface area contributed by atoms with Crippen molar-refractivity contribution >= 4 is 46.3 Å². The van der Waals surface area contributed by atoms with Gasteiger partial charge in [-0.3, -0.25) is 9.69 Å². The Labute approximate surface area is 199 Å². The quantitative estimate of drug-likeness (QED) is 0.560. The monoisotopic (exact) mass is 485 g/mol. The number of rotatable bonds is 5.